The van der Waals surface area contributed by atoms with Crippen LogP contribution in [0.1, 0.15) is 31.4 Å². The van der Waals surface area contributed by atoms with Crippen molar-refractivity contribution in [3.05, 3.63) is 35.4 Å². The standard InChI is InChI=1S/C15H26N2/c1-13(2)11-14-5-7-15(8-6-14)12-17-10-4-9-16-3/h5-8,13,16-17H,4,9-12H2,1-3H3. The first kappa shape index (κ1) is 14.2. The quantitative estimate of drug-likeness (QED) is 0.676. The van der Waals surface area contributed by atoms with E-state index in [9.17, 15) is 0 Å². The van der Waals surface area contributed by atoms with Crippen molar-refractivity contribution in [3.8, 4) is 0 Å². The summed E-state index contributed by atoms with van der Waals surface area (Å²) in [6.07, 6.45) is 2.36. The highest BCUT2D eigenvalue weighted by atomic mass is 14.9. The summed E-state index contributed by atoms with van der Waals surface area (Å²) in [7, 11) is 1.99. The topological polar surface area (TPSA) is 24.1 Å². The molecule has 0 heterocycles. The third kappa shape index (κ3) is 6.44. The monoisotopic (exact) mass is 234 g/mol. The van der Waals surface area contributed by atoms with E-state index in [1.165, 1.54) is 24.0 Å². The van der Waals surface area contributed by atoms with E-state index in [1.807, 2.05) is 7.05 Å². The smallest absolute Gasteiger partial charge is 0.0205 e. The van der Waals surface area contributed by atoms with Crippen LogP contribution >= 0.6 is 0 Å². The Morgan fingerprint density at radius 3 is 2.24 bits per heavy atom. The molecule has 2 N–H and O–H groups in total. The van der Waals surface area contributed by atoms with Crippen molar-refractivity contribution in [2.75, 3.05) is 20.1 Å². The van der Waals surface area contributed by atoms with Gasteiger partial charge in [0.05, 0.1) is 0 Å². The van der Waals surface area contributed by atoms with Crippen molar-refractivity contribution in [1.29, 1.82) is 0 Å². The summed E-state index contributed by atoms with van der Waals surface area (Å²) in [5.74, 6) is 0.737. The first-order valence-corrected chi connectivity index (χ1v) is 6.65. The Hall–Kier alpha value is -0.860. The van der Waals surface area contributed by atoms with E-state index < -0.39 is 0 Å². The highest BCUT2D eigenvalue weighted by Crippen LogP contribution is 2.09. The van der Waals surface area contributed by atoms with Gasteiger partial charge in [0.25, 0.3) is 0 Å². The summed E-state index contributed by atoms with van der Waals surface area (Å²) < 4.78 is 0. The molecule has 1 rings (SSSR count). The fourth-order valence-electron chi connectivity index (χ4n) is 1.89. The second-order valence-corrected chi connectivity index (χ2v) is 5.05. The Morgan fingerprint density at radius 1 is 1.00 bits per heavy atom. The van der Waals surface area contributed by atoms with Gasteiger partial charge in [-0.15, -0.1) is 0 Å². The highest BCUT2D eigenvalue weighted by Gasteiger charge is 1.98. The Morgan fingerprint density at radius 2 is 1.65 bits per heavy atom. The van der Waals surface area contributed by atoms with Crippen LogP contribution in [0.5, 0.6) is 0 Å². The molecule has 1 aromatic carbocycles. The van der Waals surface area contributed by atoms with Gasteiger partial charge in [0, 0.05) is 6.54 Å². The van der Waals surface area contributed by atoms with Gasteiger partial charge in [0.2, 0.25) is 0 Å². The predicted octanol–water partition coefficient (Wildman–Crippen LogP) is 2.58. The molecule has 0 unspecified atom stereocenters. The highest BCUT2D eigenvalue weighted by molar-refractivity contribution is 5.22. The molecule has 0 fully saturated rings. The maximum atomic E-state index is 3.46. The molecule has 17 heavy (non-hydrogen) atoms. The third-order valence-corrected chi connectivity index (χ3v) is 2.78. The minimum Gasteiger partial charge on any atom is -0.320 e. The molecular weight excluding hydrogens is 208 g/mol. The zero-order valence-corrected chi connectivity index (χ0v) is 11.4. The van der Waals surface area contributed by atoms with Crippen molar-refractivity contribution < 1.29 is 0 Å². The average Bonchev–Trinajstić information content (AvgIpc) is 2.30. The molecule has 2 heteroatoms. The lowest BCUT2D eigenvalue weighted by atomic mass is 10.0. The molecule has 0 aliphatic heterocycles. The molecule has 0 radical (unpaired) electrons. The zero-order chi connectivity index (χ0) is 12.5. The molecule has 0 aliphatic rings. The lowest BCUT2D eigenvalue weighted by Gasteiger charge is -2.07. The Balaban J connectivity index is 2.25. The number of rotatable bonds is 8. The van der Waals surface area contributed by atoms with E-state index in [-0.39, 0.29) is 0 Å². The number of nitrogens with one attached hydrogen (secondary N) is 2. The van der Waals surface area contributed by atoms with E-state index in [2.05, 4.69) is 48.7 Å². The van der Waals surface area contributed by atoms with Crippen molar-refractivity contribution in [2.24, 2.45) is 5.92 Å². The van der Waals surface area contributed by atoms with Crippen LogP contribution in [0, 0.1) is 5.92 Å². The van der Waals surface area contributed by atoms with Gasteiger partial charge in [-0.25, -0.2) is 0 Å². The van der Waals surface area contributed by atoms with Gasteiger partial charge >= 0.3 is 0 Å². The molecule has 0 aliphatic carbocycles. The number of hydrogen-bond acceptors (Lipinski definition) is 2. The first-order valence-electron chi connectivity index (χ1n) is 6.65. The minimum absolute atomic E-state index is 0.737. The van der Waals surface area contributed by atoms with Crippen LogP contribution in [0.15, 0.2) is 24.3 Å². The summed E-state index contributed by atoms with van der Waals surface area (Å²) >= 11 is 0. The summed E-state index contributed by atoms with van der Waals surface area (Å²) in [6.45, 7) is 7.66. The lowest BCUT2D eigenvalue weighted by Crippen LogP contribution is -2.19. The molecule has 0 saturated heterocycles. The van der Waals surface area contributed by atoms with Crippen LogP contribution in [0.4, 0.5) is 0 Å². The predicted molar refractivity (Wildman–Crippen MR) is 75.2 cm³/mol. The summed E-state index contributed by atoms with van der Waals surface area (Å²) in [6, 6.07) is 8.99. The molecule has 0 atom stereocenters. The number of benzene rings is 1. The lowest BCUT2D eigenvalue weighted by molar-refractivity contribution is 0.624. The normalized spacial score (nSPS) is 11.1. The molecular formula is C15H26N2. The van der Waals surface area contributed by atoms with Crippen molar-refractivity contribution in [1.82, 2.24) is 10.6 Å². The van der Waals surface area contributed by atoms with Crippen LogP contribution in [0.2, 0.25) is 0 Å². The molecule has 96 valence electrons. The second kappa shape index (κ2) is 8.26. The molecule has 0 saturated carbocycles. The van der Waals surface area contributed by atoms with Gasteiger partial charge in [-0.2, -0.15) is 0 Å². The molecule has 0 spiro atoms. The number of hydrogen-bond donors (Lipinski definition) is 2. The van der Waals surface area contributed by atoms with E-state index >= 15 is 0 Å². The maximum Gasteiger partial charge on any atom is 0.0205 e. The fraction of sp³-hybridized carbons (Fsp3) is 0.600. The van der Waals surface area contributed by atoms with E-state index in [0.29, 0.717) is 0 Å². The van der Waals surface area contributed by atoms with E-state index in [4.69, 9.17) is 0 Å². The van der Waals surface area contributed by atoms with Crippen LogP contribution < -0.4 is 10.6 Å². The van der Waals surface area contributed by atoms with Gasteiger partial charge in [0.15, 0.2) is 0 Å². The summed E-state index contributed by atoms with van der Waals surface area (Å²) in [5.41, 5.74) is 2.82. The van der Waals surface area contributed by atoms with Crippen LogP contribution in [0.25, 0.3) is 0 Å². The molecule has 0 bridgehead atoms. The first-order chi connectivity index (χ1) is 8.22. The largest absolute Gasteiger partial charge is 0.320 e. The third-order valence-electron chi connectivity index (χ3n) is 2.78. The van der Waals surface area contributed by atoms with Crippen molar-refractivity contribution in [2.45, 2.75) is 33.2 Å². The van der Waals surface area contributed by atoms with Crippen LogP contribution in [-0.4, -0.2) is 20.1 Å². The Bertz CT molecular complexity index is 290. The zero-order valence-electron chi connectivity index (χ0n) is 11.4. The summed E-state index contributed by atoms with van der Waals surface area (Å²) in [5, 5.41) is 6.61. The van der Waals surface area contributed by atoms with Gasteiger partial charge in [-0.1, -0.05) is 38.1 Å². The molecule has 0 amide bonds. The van der Waals surface area contributed by atoms with E-state index in [0.717, 1.165) is 25.6 Å². The molecule has 2 nitrogen and oxygen atoms in total. The molecule has 1 aromatic rings. The van der Waals surface area contributed by atoms with Gasteiger partial charge in [-0.3, -0.25) is 0 Å². The van der Waals surface area contributed by atoms with Crippen molar-refractivity contribution in [3.63, 3.8) is 0 Å². The van der Waals surface area contributed by atoms with Crippen LogP contribution in [-0.2, 0) is 13.0 Å². The van der Waals surface area contributed by atoms with Crippen molar-refractivity contribution >= 4 is 0 Å². The fourth-order valence-corrected chi connectivity index (χ4v) is 1.89. The average molecular weight is 234 g/mol. The van der Waals surface area contributed by atoms with Gasteiger partial charge < -0.3 is 10.6 Å². The van der Waals surface area contributed by atoms with Gasteiger partial charge in [0.1, 0.15) is 0 Å². The SMILES string of the molecule is CNCCCNCc1ccc(CC(C)C)cc1. The Labute approximate surface area is 106 Å². The van der Waals surface area contributed by atoms with Crippen LogP contribution in [0.3, 0.4) is 0 Å². The second-order valence-electron chi connectivity index (χ2n) is 5.05. The Kier molecular flexibility index (Phi) is 6.90. The maximum absolute atomic E-state index is 3.46. The summed E-state index contributed by atoms with van der Waals surface area (Å²) in [4.78, 5) is 0. The van der Waals surface area contributed by atoms with E-state index in [1.54, 1.807) is 0 Å². The molecule has 0 aromatic heterocycles. The minimum atomic E-state index is 0.737. The van der Waals surface area contributed by atoms with Gasteiger partial charge in [-0.05, 0) is 50.0 Å².